The van der Waals surface area contributed by atoms with Gasteiger partial charge in [0.2, 0.25) is 0 Å². The third-order valence-electron chi connectivity index (χ3n) is 7.91. The van der Waals surface area contributed by atoms with E-state index in [9.17, 15) is 9.90 Å². The number of fused-ring (bicyclic) bond motifs is 3. The average molecular weight is 602 g/mol. The number of hydrogen-bond donors (Lipinski definition) is 1. The molecule has 0 aliphatic heterocycles. The van der Waals surface area contributed by atoms with E-state index in [2.05, 4.69) is 93.9 Å². The lowest BCUT2D eigenvalue weighted by atomic mass is 9.71. The third-order valence-corrected chi connectivity index (χ3v) is 8.89. The number of carbonyl (C=O) groups is 1. The van der Waals surface area contributed by atoms with Gasteiger partial charge in [-0.2, -0.15) is 0 Å². The van der Waals surface area contributed by atoms with Crippen LogP contribution in [0, 0.1) is 17.8 Å². The summed E-state index contributed by atoms with van der Waals surface area (Å²) in [7, 11) is 0. The molecule has 0 aromatic heterocycles. The van der Waals surface area contributed by atoms with Gasteiger partial charge in [0.1, 0.15) is 0 Å². The summed E-state index contributed by atoms with van der Waals surface area (Å²) < 4.78 is 7.78. The molecule has 35 heavy (non-hydrogen) atoms. The van der Waals surface area contributed by atoms with E-state index in [4.69, 9.17) is 4.74 Å². The van der Waals surface area contributed by atoms with E-state index in [1.54, 1.807) is 0 Å². The molecule has 0 heterocycles. The summed E-state index contributed by atoms with van der Waals surface area (Å²) >= 11 is 7.37. The number of benzene rings is 2. The molecule has 1 N–H and O–H groups in total. The van der Waals surface area contributed by atoms with Gasteiger partial charge in [-0.3, -0.25) is 0 Å². The predicted molar refractivity (Wildman–Crippen MR) is 149 cm³/mol. The van der Waals surface area contributed by atoms with Crippen LogP contribution in [0.1, 0.15) is 89.2 Å². The lowest BCUT2D eigenvalue weighted by Crippen LogP contribution is -2.43. The van der Waals surface area contributed by atoms with Gasteiger partial charge in [-0.25, -0.2) is 4.79 Å². The van der Waals surface area contributed by atoms with E-state index in [-0.39, 0.29) is 11.3 Å². The maximum atomic E-state index is 11.7. The SMILES string of the molecule is CCCCC#CC1(OC(=O)O)CCCCC1CCCC1(C)c2cc(Br)ccc2-c2ccc(Br)cc21. The van der Waals surface area contributed by atoms with Crippen LogP contribution in [0.15, 0.2) is 45.3 Å². The highest BCUT2D eigenvalue weighted by Crippen LogP contribution is 2.53. The zero-order chi connectivity index (χ0) is 25.1. The number of carboxylic acid groups (broad SMARTS) is 1. The van der Waals surface area contributed by atoms with Crippen molar-refractivity contribution in [2.45, 2.75) is 89.1 Å². The van der Waals surface area contributed by atoms with E-state index in [1.165, 1.54) is 22.3 Å². The zero-order valence-corrected chi connectivity index (χ0v) is 23.8. The Kier molecular flexibility index (Phi) is 8.34. The van der Waals surface area contributed by atoms with E-state index < -0.39 is 11.8 Å². The van der Waals surface area contributed by atoms with Crippen molar-refractivity contribution >= 4 is 38.0 Å². The predicted octanol–water partition coefficient (Wildman–Crippen LogP) is 9.49. The monoisotopic (exact) mass is 600 g/mol. The van der Waals surface area contributed by atoms with Crippen LogP contribution in [0.25, 0.3) is 11.1 Å². The first kappa shape index (κ1) is 26.3. The number of halogens is 2. The molecule has 2 aliphatic rings. The van der Waals surface area contributed by atoms with Gasteiger partial charge in [0, 0.05) is 26.7 Å². The molecule has 186 valence electrons. The first-order valence-corrected chi connectivity index (χ1v) is 14.4. The molecule has 2 aromatic rings. The van der Waals surface area contributed by atoms with Crippen molar-refractivity contribution in [2.75, 3.05) is 0 Å². The van der Waals surface area contributed by atoms with Gasteiger partial charge in [-0.05, 0) is 85.0 Å². The van der Waals surface area contributed by atoms with E-state index in [0.29, 0.717) is 6.42 Å². The Bertz CT molecular complexity index is 1090. The molecule has 0 spiro atoms. The fourth-order valence-corrected chi connectivity index (χ4v) is 6.80. The number of rotatable bonds is 7. The fraction of sp³-hybridized carbons (Fsp3) is 0.500. The Morgan fingerprint density at radius 3 is 2.34 bits per heavy atom. The van der Waals surface area contributed by atoms with Crippen molar-refractivity contribution in [1.82, 2.24) is 0 Å². The molecular weight excluding hydrogens is 568 g/mol. The topological polar surface area (TPSA) is 46.5 Å². The molecule has 2 unspecified atom stereocenters. The van der Waals surface area contributed by atoms with Crippen LogP contribution < -0.4 is 0 Å². The van der Waals surface area contributed by atoms with Gasteiger partial charge < -0.3 is 9.84 Å². The maximum Gasteiger partial charge on any atom is 0.507 e. The zero-order valence-electron chi connectivity index (χ0n) is 20.6. The summed E-state index contributed by atoms with van der Waals surface area (Å²) in [4.78, 5) is 11.7. The summed E-state index contributed by atoms with van der Waals surface area (Å²) in [5.41, 5.74) is 4.36. The molecule has 4 rings (SSSR count). The molecule has 0 bridgehead atoms. The van der Waals surface area contributed by atoms with Crippen LogP contribution in [0.5, 0.6) is 0 Å². The minimum atomic E-state index is -1.21. The Balaban J connectivity index is 1.58. The molecule has 5 heteroatoms. The molecule has 0 amide bonds. The average Bonchev–Trinajstić information content (AvgIpc) is 3.05. The van der Waals surface area contributed by atoms with Gasteiger partial charge in [-0.15, -0.1) is 0 Å². The summed E-state index contributed by atoms with van der Waals surface area (Å²) in [6.07, 6.45) is 8.33. The molecule has 1 fully saturated rings. The quantitative estimate of drug-likeness (QED) is 0.195. The summed E-state index contributed by atoms with van der Waals surface area (Å²) in [5, 5.41) is 9.56. The largest absolute Gasteiger partial charge is 0.507 e. The van der Waals surface area contributed by atoms with Gasteiger partial charge in [-0.1, -0.05) is 88.9 Å². The van der Waals surface area contributed by atoms with Gasteiger partial charge in [0.25, 0.3) is 0 Å². The van der Waals surface area contributed by atoms with Gasteiger partial charge in [0.15, 0.2) is 5.60 Å². The van der Waals surface area contributed by atoms with Crippen molar-refractivity contribution in [1.29, 1.82) is 0 Å². The van der Waals surface area contributed by atoms with Crippen LogP contribution in [-0.4, -0.2) is 16.9 Å². The van der Waals surface area contributed by atoms with Gasteiger partial charge in [0.05, 0.1) is 0 Å². The molecule has 2 aliphatic carbocycles. The van der Waals surface area contributed by atoms with Crippen LogP contribution >= 0.6 is 31.9 Å². The summed E-state index contributed by atoms with van der Waals surface area (Å²) in [6, 6.07) is 13.2. The van der Waals surface area contributed by atoms with Gasteiger partial charge >= 0.3 is 6.16 Å². The smallest absolute Gasteiger partial charge is 0.450 e. The minimum absolute atomic E-state index is 0.101. The Labute approximate surface area is 226 Å². The molecule has 0 saturated heterocycles. The van der Waals surface area contributed by atoms with Crippen molar-refractivity contribution in [3.05, 3.63) is 56.5 Å². The molecule has 2 atom stereocenters. The van der Waals surface area contributed by atoms with Crippen LogP contribution in [-0.2, 0) is 10.2 Å². The fourth-order valence-electron chi connectivity index (χ4n) is 6.08. The van der Waals surface area contributed by atoms with E-state index in [1.807, 2.05) is 0 Å². The molecule has 0 radical (unpaired) electrons. The molecule has 3 nitrogen and oxygen atoms in total. The second-order valence-corrected chi connectivity index (χ2v) is 12.0. The second-order valence-electron chi connectivity index (χ2n) is 10.2. The van der Waals surface area contributed by atoms with E-state index >= 15 is 0 Å². The summed E-state index contributed by atoms with van der Waals surface area (Å²) in [5.74, 6) is 6.72. The lowest BCUT2D eigenvalue weighted by Gasteiger charge is -2.39. The van der Waals surface area contributed by atoms with Crippen molar-refractivity contribution in [3.8, 4) is 23.0 Å². The van der Waals surface area contributed by atoms with Crippen molar-refractivity contribution < 1.29 is 14.6 Å². The minimum Gasteiger partial charge on any atom is -0.450 e. The van der Waals surface area contributed by atoms with Crippen LogP contribution in [0.2, 0.25) is 0 Å². The molecule has 2 aromatic carbocycles. The number of ether oxygens (including phenoxy) is 1. The molecule has 1 saturated carbocycles. The Morgan fingerprint density at radius 1 is 1.09 bits per heavy atom. The Hall–Kier alpha value is -1.77. The molecular formula is C30H34Br2O3. The highest BCUT2D eigenvalue weighted by molar-refractivity contribution is 9.10. The van der Waals surface area contributed by atoms with Crippen LogP contribution in [0.3, 0.4) is 0 Å². The van der Waals surface area contributed by atoms with Crippen LogP contribution in [0.4, 0.5) is 4.79 Å². The first-order chi connectivity index (χ1) is 16.8. The maximum absolute atomic E-state index is 11.7. The van der Waals surface area contributed by atoms with Crippen molar-refractivity contribution in [3.63, 3.8) is 0 Å². The normalized spacial score (nSPS) is 22.0. The van der Waals surface area contributed by atoms with E-state index in [0.717, 1.165) is 66.7 Å². The highest BCUT2D eigenvalue weighted by atomic mass is 79.9. The first-order valence-electron chi connectivity index (χ1n) is 12.8. The second kappa shape index (κ2) is 11.1. The number of hydrogen-bond acceptors (Lipinski definition) is 2. The number of unbranched alkanes of at least 4 members (excludes halogenated alkanes) is 2. The highest BCUT2D eigenvalue weighted by Gasteiger charge is 2.44. The summed E-state index contributed by atoms with van der Waals surface area (Å²) in [6.45, 7) is 4.49. The lowest BCUT2D eigenvalue weighted by molar-refractivity contribution is -0.0421. The van der Waals surface area contributed by atoms with Crippen molar-refractivity contribution in [2.24, 2.45) is 5.92 Å². The standard InChI is InChI=1S/C30H34Br2O3/c1-3-4-5-7-17-30(35-28(33)34)18-8-6-10-21(30)11-9-16-29(2)26-19-22(31)12-14-24(26)25-15-13-23(32)20-27(25)29/h12-15,19-21H,3-6,8-11,16,18H2,1-2H3,(H,33,34). The Morgan fingerprint density at radius 2 is 1.74 bits per heavy atom. The third kappa shape index (κ3) is 5.49.